The molecule has 37 heavy (non-hydrogen) atoms. The molecule has 1 saturated heterocycles. The van der Waals surface area contributed by atoms with E-state index in [0.717, 1.165) is 21.7 Å². The van der Waals surface area contributed by atoms with Gasteiger partial charge in [0.1, 0.15) is 6.04 Å². The highest BCUT2D eigenvalue weighted by Gasteiger charge is 2.54. The molecule has 1 heterocycles. The fourth-order valence-electron chi connectivity index (χ4n) is 4.51. The Bertz CT molecular complexity index is 1470. The van der Waals surface area contributed by atoms with Gasteiger partial charge in [0.15, 0.2) is 0 Å². The number of amides is 3. The minimum Gasteiger partial charge on any atom is -0.271 e. The average molecular weight is 512 g/mol. The fourth-order valence-corrected chi connectivity index (χ4v) is 5.43. The monoisotopic (exact) mass is 511 g/mol. The first-order valence-corrected chi connectivity index (χ1v) is 13.3. The predicted molar refractivity (Wildman–Crippen MR) is 139 cm³/mol. The summed E-state index contributed by atoms with van der Waals surface area (Å²) in [5.41, 5.74) is 3.28. The van der Waals surface area contributed by atoms with Crippen LogP contribution in [0.1, 0.15) is 34.3 Å². The maximum Gasteiger partial charge on any atom is 0.353 e. The zero-order valence-electron chi connectivity index (χ0n) is 20.1. The number of nitrogens with one attached hydrogen (secondary N) is 1. The maximum absolute atomic E-state index is 13.5. The Morgan fingerprint density at radius 2 is 1.24 bits per heavy atom. The first kappa shape index (κ1) is 24.4. The van der Waals surface area contributed by atoms with Crippen molar-refractivity contribution in [1.82, 2.24) is 14.7 Å². The number of sulfonamides is 1. The molecular weight excluding hydrogens is 486 g/mol. The van der Waals surface area contributed by atoms with E-state index in [4.69, 9.17) is 0 Å². The lowest BCUT2D eigenvalue weighted by Crippen LogP contribution is -2.68. The van der Waals surface area contributed by atoms with Crippen LogP contribution in [0.3, 0.4) is 0 Å². The molecule has 4 aromatic rings. The number of benzene rings is 4. The quantitative estimate of drug-likeness (QED) is 0.394. The second kappa shape index (κ2) is 10.0. The molecule has 3 amide bonds. The van der Waals surface area contributed by atoms with Crippen molar-refractivity contribution in [3.8, 4) is 0 Å². The van der Waals surface area contributed by atoms with Crippen molar-refractivity contribution in [1.29, 1.82) is 0 Å². The number of hydrogen-bond donors (Lipinski definition) is 1. The van der Waals surface area contributed by atoms with E-state index in [9.17, 15) is 18.0 Å². The predicted octanol–water partition coefficient (Wildman–Crippen LogP) is 4.98. The van der Waals surface area contributed by atoms with Crippen LogP contribution >= 0.6 is 0 Å². The lowest BCUT2D eigenvalue weighted by atomic mass is 9.92. The third kappa shape index (κ3) is 4.76. The SMILES string of the molecule is Cc1ccc(S(=O)(=O)NC(=O)N2C(=O)C(c3ccccc3)N2C(c2ccccc2)c2ccccc2)cc1. The Kier molecular flexibility index (Phi) is 6.60. The van der Waals surface area contributed by atoms with E-state index in [2.05, 4.69) is 4.72 Å². The molecule has 186 valence electrons. The van der Waals surface area contributed by atoms with E-state index in [-0.39, 0.29) is 4.90 Å². The van der Waals surface area contributed by atoms with E-state index < -0.39 is 34.0 Å². The summed E-state index contributed by atoms with van der Waals surface area (Å²) >= 11 is 0. The Morgan fingerprint density at radius 1 is 0.757 bits per heavy atom. The van der Waals surface area contributed by atoms with Crippen molar-refractivity contribution in [2.75, 3.05) is 0 Å². The van der Waals surface area contributed by atoms with Gasteiger partial charge in [-0.2, -0.15) is 10.0 Å². The molecule has 8 heteroatoms. The zero-order chi connectivity index (χ0) is 26.0. The fraction of sp³-hybridized carbons (Fsp3) is 0.103. The van der Waals surface area contributed by atoms with Gasteiger partial charge in [-0.15, -0.1) is 0 Å². The first-order valence-electron chi connectivity index (χ1n) is 11.8. The summed E-state index contributed by atoms with van der Waals surface area (Å²) in [5, 5.41) is 2.54. The van der Waals surface area contributed by atoms with Crippen molar-refractivity contribution in [3.63, 3.8) is 0 Å². The standard InChI is InChI=1S/C29H25N3O4S/c1-21-17-19-25(20-18-21)37(35,36)30-29(34)32-28(33)27(24-15-9-4-10-16-24)31(32)26(22-11-5-2-6-12-22)23-13-7-3-8-14-23/h2-20,26-27H,1H3,(H,30,34). The van der Waals surface area contributed by atoms with Gasteiger partial charge in [-0.05, 0) is 35.7 Å². The normalized spacial score (nSPS) is 15.9. The highest BCUT2D eigenvalue weighted by molar-refractivity contribution is 7.90. The van der Waals surface area contributed by atoms with Gasteiger partial charge in [-0.1, -0.05) is 109 Å². The number of hydrazine groups is 1. The molecule has 0 bridgehead atoms. The summed E-state index contributed by atoms with van der Waals surface area (Å²) in [6.45, 7) is 1.84. The molecule has 0 radical (unpaired) electrons. The van der Waals surface area contributed by atoms with Gasteiger partial charge in [0.05, 0.1) is 10.9 Å². The summed E-state index contributed by atoms with van der Waals surface area (Å²) in [6, 6.07) is 31.9. The van der Waals surface area contributed by atoms with E-state index in [1.807, 2.05) is 97.9 Å². The minimum atomic E-state index is -4.20. The van der Waals surface area contributed by atoms with Gasteiger partial charge >= 0.3 is 6.03 Å². The number of nitrogens with zero attached hydrogens (tertiary/aromatic N) is 2. The first-order chi connectivity index (χ1) is 17.9. The third-order valence-electron chi connectivity index (χ3n) is 6.29. The van der Waals surface area contributed by atoms with Gasteiger partial charge in [0.25, 0.3) is 15.9 Å². The van der Waals surface area contributed by atoms with Gasteiger partial charge in [-0.3, -0.25) is 4.79 Å². The van der Waals surface area contributed by atoms with Crippen LogP contribution < -0.4 is 4.72 Å². The Morgan fingerprint density at radius 3 is 1.76 bits per heavy atom. The molecule has 7 nitrogen and oxygen atoms in total. The molecule has 0 aliphatic carbocycles. The molecule has 5 rings (SSSR count). The van der Waals surface area contributed by atoms with E-state index in [0.29, 0.717) is 5.56 Å². The molecule has 0 saturated carbocycles. The Balaban J connectivity index is 1.57. The topological polar surface area (TPSA) is 86.8 Å². The smallest absolute Gasteiger partial charge is 0.271 e. The number of rotatable bonds is 6. The van der Waals surface area contributed by atoms with Crippen LogP contribution in [-0.4, -0.2) is 30.4 Å². The van der Waals surface area contributed by atoms with Crippen LogP contribution in [0.2, 0.25) is 0 Å². The largest absolute Gasteiger partial charge is 0.353 e. The molecule has 0 spiro atoms. The Hall–Kier alpha value is -4.27. The molecule has 1 unspecified atom stereocenters. The second-order valence-corrected chi connectivity index (χ2v) is 10.5. The highest BCUT2D eigenvalue weighted by atomic mass is 32.2. The summed E-state index contributed by atoms with van der Waals surface area (Å²) < 4.78 is 28.1. The second-order valence-electron chi connectivity index (χ2n) is 8.79. The molecular formula is C29H25N3O4S. The van der Waals surface area contributed by atoms with Crippen molar-refractivity contribution >= 4 is 22.0 Å². The highest BCUT2D eigenvalue weighted by Crippen LogP contribution is 2.44. The van der Waals surface area contributed by atoms with Crippen molar-refractivity contribution in [2.24, 2.45) is 0 Å². The summed E-state index contributed by atoms with van der Waals surface area (Å²) in [4.78, 5) is 26.8. The molecule has 1 fully saturated rings. The molecule has 1 atom stereocenters. The minimum absolute atomic E-state index is 0.0618. The van der Waals surface area contributed by atoms with Crippen LogP contribution in [0.4, 0.5) is 4.79 Å². The van der Waals surface area contributed by atoms with Crippen LogP contribution in [-0.2, 0) is 14.8 Å². The van der Waals surface area contributed by atoms with Crippen molar-refractivity contribution in [3.05, 3.63) is 138 Å². The number of urea groups is 1. The van der Waals surface area contributed by atoms with E-state index in [1.165, 1.54) is 12.1 Å². The summed E-state index contributed by atoms with van der Waals surface area (Å²) in [5.74, 6) is -0.514. The van der Waals surface area contributed by atoms with Gasteiger partial charge in [0, 0.05) is 0 Å². The van der Waals surface area contributed by atoms with Crippen LogP contribution in [0.5, 0.6) is 0 Å². The number of carbonyl (C=O) groups is 2. The van der Waals surface area contributed by atoms with E-state index in [1.54, 1.807) is 17.1 Å². The molecule has 1 aliphatic rings. The maximum atomic E-state index is 13.5. The number of hydrogen-bond acceptors (Lipinski definition) is 5. The van der Waals surface area contributed by atoms with Gasteiger partial charge in [0.2, 0.25) is 0 Å². The molecule has 1 N–H and O–H groups in total. The number of aryl methyl sites for hydroxylation is 1. The van der Waals surface area contributed by atoms with Crippen molar-refractivity contribution in [2.45, 2.75) is 23.9 Å². The zero-order valence-corrected chi connectivity index (χ0v) is 20.9. The lowest BCUT2D eigenvalue weighted by molar-refractivity contribution is -0.188. The molecule has 0 aromatic heterocycles. The van der Waals surface area contributed by atoms with Crippen LogP contribution in [0.15, 0.2) is 120 Å². The number of carbonyl (C=O) groups excluding carboxylic acids is 2. The number of imide groups is 1. The molecule has 1 aliphatic heterocycles. The van der Waals surface area contributed by atoms with Crippen LogP contribution in [0.25, 0.3) is 0 Å². The summed E-state index contributed by atoms with van der Waals surface area (Å²) in [7, 11) is -4.20. The van der Waals surface area contributed by atoms with Gasteiger partial charge < -0.3 is 0 Å². The average Bonchev–Trinajstić information content (AvgIpc) is 2.90. The van der Waals surface area contributed by atoms with E-state index >= 15 is 0 Å². The van der Waals surface area contributed by atoms with Crippen molar-refractivity contribution < 1.29 is 18.0 Å². The van der Waals surface area contributed by atoms with Gasteiger partial charge in [-0.25, -0.2) is 17.9 Å². The lowest BCUT2D eigenvalue weighted by Gasteiger charge is -2.51. The third-order valence-corrected chi connectivity index (χ3v) is 7.63. The van der Waals surface area contributed by atoms with Crippen LogP contribution in [0, 0.1) is 6.92 Å². The Labute approximate surface area is 216 Å². The summed E-state index contributed by atoms with van der Waals surface area (Å²) in [6.07, 6.45) is 0. The molecule has 4 aromatic carbocycles.